The van der Waals surface area contributed by atoms with Crippen LogP contribution in [0.5, 0.6) is 17.2 Å². The minimum absolute atomic E-state index is 0.595. The third-order valence-electron chi connectivity index (χ3n) is 3.29. The van der Waals surface area contributed by atoms with Gasteiger partial charge in [0.05, 0.1) is 29.1 Å². The summed E-state index contributed by atoms with van der Waals surface area (Å²) in [5.74, 6) is 2.42. The lowest BCUT2D eigenvalue weighted by molar-refractivity contribution is 0.275. The maximum atomic E-state index is 5.83. The van der Waals surface area contributed by atoms with E-state index in [9.17, 15) is 0 Å². The van der Waals surface area contributed by atoms with Crippen LogP contribution < -0.4 is 14.2 Å². The Morgan fingerprint density at radius 1 is 0.960 bits per heavy atom. The predicted octanol–water partition coefficient (Wildman–Crippen LogP) is 5.63. The molecule has 0 aliphatic carbocycles. The Morgan fingerprint density at radius 2 is 1.68 bits per heavy atom. The van der Waals surface area contributed by atoms with Crippen molar-refractivity contribution in [2.75, 3.05) is 19.8 Å². The molecule has 4 nitrogen and oxygen atoms in total. The molecule has 0 aliphatic heterocycles. The molecular weight excluding hydrogens is 429 g/mol. The zero-order valence-corrected chi connectivity index (χ0v) is 17.1. The van der Waals surface area contributed by atoms with Gasteiger partial charge in [0.15, 0.2) is 11.5 Å². The number of rotatable bonds is 9. The van der Waals surface area contributed by atoms with E-state index in [1.165, 1.54) is 0 Å². The normalized spacial score (nSPS) is 10.9. The fourth-order valence-electron chi connectivity index (χ4n) is 2.21. The number of aliphatic imine (C=N–C) groups is 1. The van der Waals surface area contributed by atoms with E-state index in [1.807, 2.05) is 56.5 Å². The molecule has 0 aromatic heterocycles. The van der Waals surface area contributed by atoms with Gasteiger partial charge in [0.25, 0.3) is 0 Å². The van der Waals surface area contributed by atoms with Crippen LogP contribution in [0.4, 0.5) is 5.69 Å². The Hall–Kier alpha value is -1.76. The lowest BCUT2D eigenvalue weighted by Gasteiger charge is -2.14. The Kier molecular flexibility index (Phi) is 8.04. The van der Waals surface area contributed by atoms with Gasteiger partial charge in [-0.3, -0.25) is 4.99 Å². The van der Waals surface area contributed by atoms with Crippen LogP contribution in [-0.2, 0) is 0 Å². The third kappa shape index (κ3) is 5.92. The summed E-state index contributed by atoms with van der Waals surface area (Å²) < 4.78 is 18.0. The van der Waals surface area contributed by atoms with Crippen molar-refractivity contribution in [3.8, 4) is 17.2 Å². The molecule has 0 saturated heterocycles. The molecule has 0 spiro atoms. The maximum absolute atomic E-state index is 5.83. The molecule has 0 bridgehead atoms. The lowest BCUT2D eigenvalue weighted by Crippen LogP contribution is -2.02. The Labute approximate surface area is 163 Å². The first-order valence-electron chi connectivity index (χ1n) is 8.54. The zero-order chi connectivity index (χ0) is 18.1. The second-order valence-corrected chi connectivity index (χ2v) is 6.46. The van der Waals surface area contributed by atoms with E-state index in [0.717, 1.165) is 38.5 Å². The molecule has 0 radical (unpaired) electrons. The van der Waals surface area contributed by atoms with Gasteiger partial charge < -0.3 is 14.2 Å². The quantitative estimate of drug-likeness (QED) is 0.365. The van der Waals surface area contributed by atoms with Gasteiger partial charge in [-0.1, -0.05) is 6.92 Å². The smallest absolute Gasteiger partial charge is 0.174 e. The van der Waals surface area contributed by atoms with Gasteiger partial charge in [0.2, 0.25) is 0 Å². The molecule has 0 N–H and O–H groups in total. The second kappa shape index (κ2) is 10.3. The average molecular weight is 453 g/mol. The Bertz CT molecular complexity index is 699. The van der Waals surface area contributed by atoms with Crippen LogP contribution in [-0.4, -0.2) is 26.0 Å². The average Bonchev–Trinajstić information content (AvgIpc) is 2.61. The van der Waals surface area contributed by atoms with Crippen molar-refractivity contribution in [3.63, 3.8) is 0 Å². The molecule has 2 rings (SSSR count). The van der Waals surface area contributed by atoms with Crippen molar-refractivity contribution in [1.29, 1.82) is 0 Å². The van der Waals surface area contributed by atoms with E-state index in [-0.39, 0.29) is 0 Å². The molecular formula is C20H24INO3. The summed E-state index contributed by atoms with van der Waals surface area (Å²) in [5, 5.41) is 0. The summed E-state index contributed by atoms with van der Waals surface area (Å²) in [6.45, 7) is 7.96. The molecule has 0 unspecified atom stereocenters. The van der Waals surface area contributed by atoms with Gasteiger partial charge >= 0.3 is 0 Å². The van der Waals surface area contributed by atoms with Gasteiger partial charge in [-0.15, -0.1) is 0 Å². The van der Waals surface area contributed by atoms with Crippen molar-refractivity contribution in [2.45, 2.75) is 27.2 Å². The van der Waals surface area contributed by atoms with Crippen LogP contribution in [0, 0.1) is 3.57 Å². The van der Waals surface area contributed by atoms with Crippen LogP contribution in [0.25, 0.3) is 0 Å². The van der Waals surface area contributed by atoms with Crippen molar-refractivity contribution in [2.24, 2.45) is 4.99 Å². The van der Waals surface area contributed by atoms with E-state index in [4.69, 9.17) is 14.2 Å². The van der Waals surface area contributed by atoms with Crippen molar-refractivity contribution >= 4 is 34.5 Å². The predicted molar refractivity (Wildman–Crippen MR) is 111 cm³/mol. The summed E-state index contributed by atoms with van der Waals surface area (Å²) in [6, 6.07) is 11.7. The topological polar surface area (TPSA) is 40.0 Å². The third-order valence-corrected chi connectivity index (χ3v) is 4.09. The molecule has 2 aromatic carbocycles. The summed E-state index contributed by atoms with van der Waals surface area (Å²) in [4.78, 5) is 4.53. The molecule has 5 heteroatoms. The number of halogens is 1. The first-order valence-corrected chi connectivity index (χ1v) is 9.61. The van der Waals surface area contributed by atoms with Gasteiger partial charge in [0, 0.05) is 6.21 Å². The molecule has 0 amide bonds. The highest BCUT2D eigenvalue weighted by Gasteiger charge is 2.11. The minimum atomic E-state index is 0.595. The molecule has 0 saturated carbocycles. The highest BCUT2D eigenvalue weighted by Crippen LogP contribution is 2.34. The SMILES string of the molecule is CCCOc1c(I)cc(C=Nc2ccc(OCC)cc2)cc1OCC. The molecule has 25 heavy (non-hydrogen) atoms. The monoisotopic (exact) mass is 453 g/mol. The summed E-state index contributed by atoms with van der Waals surface area (Å²) in [7, 11) is 0. The van der Waals surface area contributed by atoms with Crippen molar-refractivity contribution in [3.05, 3.63) is 45.5 Å². The summed E-state index contributed by atoms with van der Waals surface area (Å²) in [6.07, 6.45) is 2.80. The second-order valence-electron chi connectivity index (χ2n) is 5.30. The standard InChI is InChI=1S/C20H24INO3/c1-4-11-25-20-18(21)12-15(13-19(20)24-6-3)14-22-16-7-9-17(10-8-16)23-5-2/h7-10,12-14H,4-6,11H2,1-3H3. The fourth-order valence-corrected chi connectivity index (χ4v) is 2.99. The largest absolute Gasteiger partial charge is 0.494 e. The van der Waals surface area contributed by atoms with E-state index in [1.54, 1.807) is 0 Å². The highest BCUT2D eigenvalue weighted by atomic mass is 127. The maximum Gasteiger partial charge on any atom is 0.174 e. The van der Waals surface area contributed by atoms with E-state index in [2.05, 4.69) is 34.5 Å². The van der Waals surface area contributed by atoms with E-state index >= 15 is 0 Å². The van der Waals surface area contributed by atoms with Crippen LogP contribution in [0.3, 0.4) is 0 Å². The van der Waals surface area contributed by atoms with Gasteiger partial charge in [-0.05, 0) is 84.8 Å². The number of benzene rings is 2. The van der Waals surface area contributed by atoms with Crippen LogP contribution in [0.2, 0.25) is 0 Å². The molecule has 0 fully saturated rings. The Morgan fingerprint density at radius 3 is 2.32 bits per heavy atom. The van der Waals surface area contributed by atoms with E-state index < -0.39 is 0 Å². The zero-order valence-electron chi connectivity index (χ0n) is 14.9. The van der Waals surface area contributed by atoms with Crippen molar-refractivity contribution < 1.29 is 14.2 Å². The molecule has 0 atom stereocenters. The Balaban J connectivity index is 2.20. The van der Waals surface area contributed by atoms with Gasteiger partial charge in [-0.2, -0.15) is 0 Å². The van der Waals surface area contributed by atoms with Gasteiger partial charge in [0.1, 0.15) is 5.75 Å². The first kappa shape index (κ1) is 19.6. The summed E-state index contributed by atoms with van der Waals surface area (Å²) >= 11 is 2.28. The number of ether oxygens (including phenoxy) is 3. The number of hydrogen-bond donors (Lipinski definition) is 0. The lowest BCUT2D eigenvalue weighted by atomic mass is 10.2. The molecule has 134 valence electrons. The molecule has 0 heterocycles. The van der Waals surface area contributed by atoms with E-state index in [0.29, 0.717) is 19.8 Å². The van der Waals surface area contributed by atoms with Crippen molar-refractivity contribution in [1.82, 2.24) is 0 Å². The fraction of sp³-hybridized carbons (Fsp3) is 0.350. The van der Waals surface area contributed by atoms with Crippen LogP contribution in [0.15, 0.2) is 41.4 Å². The summed E-state index contributed by atoms with van der Waals surface area (Å²) in [5.41, 5.74) is 1.85. The molecule has 0 aliphatic rings. The number of nitrogens with zero attached hydrogens (tertiary/aromatic N) is 1. The van der Waals surface area contributed by atoms with Crippen LogP contribution >= 0.6 is 22.6 Å². The minimum Gasteiger partial charge on any atom is -0.494 e. The van der Waals surface area contributed by atoms with Crippen LogP contribution in [0.1, 0.15) is 32.8 Å². The van der Waals surface area contributed by atoms with Gasteiger partial charge in [-0.25, -0.2) is 0 Å². The first-order chi connectivity index (χ1) is 12.2. The number of hydrogen-bond acceptors (Lipinski definition) is 4. The highest BCUT2D eigenvalue weighted by molar-refractivity contribution is 14.1. The molecule has 2 aromatic rings.